The second-order valence-electron chi connectivity index (χ2n) is 18.6. The zero-order valence-corrected chi connectivity index (χ0v) is 41.8. The predicted molar refractivity (Wildman–Crippen MR) is 311 cm³/mol. The van der Waals surface area contributed by atoms with Crippen LogP contribution in [0.3, 0.4) is 0 Å². The van der Waals surface area contributed by atoms with Crippen LogP contribution in [0.5, 0.6) is 0 Å². The standard InChI is InChI=1S/C70H53N3O2/c1-50-18-15-19-51(2)68(50)73(66-30-16-20-58(48-66)69(74)56-36-32-52(33-37-56)54-40-44-64(45-41-54)71(60-22-7-3-8-23-60)61-24-9-4-10-25-61)67-31-17-21-59(49-67)70(75)57-38-34-53(35-39-57)55-42-46-65(47-43-55)72(62-26-11-5-12-27-62)63-28-13-6-14-29-63/h3-49H,1-2H3. The fourth-order valence-corrected chi connectivity index (χ4v) is 9.91. The van der Waals surface area contributed by atoms with Gasteiger partial charge in [0.05, 0.1) is 5.69 Å². The van der Waals surface area contributed by atoms with Crippen molar-refractivity contribution in [2.45, 2.75) is 13.8 Å². The summed E-state index contributed by atoms with van der Waals surface area (Å²) in [4.78, 5) is 35.4. The van der Waals surface area contributed by atoms with Gasteiger partial charge in [0, 0.05) is 67.8 Å². The summed E-state index contributed by atoms with van der Waals surface area (Å²) in [7, 11) is 0. The lowest BCUT2D eigenvalue weighted by Gasteiger charge is -2.29. The molecular formula is C70H53N3O2. The smallest absolute Gasteiger partial charge is 0.193 e. The van der Waals surface area contributed by atoms with Crippen molar-refractivity contribution in [3.63, 3.8) is 0 Å². The van der Waals surface area contributed by atoms with Crippen molar-refractivity contribution in [3.8, 4) is 22.3 Å². The number of hydrogen-bond acceptors (Lipinski definition) is 5. The summed E-state index contributed by atoms with van der Waals surface area (Å²) in [5.41, 5.74) is 17.6. The topological polar surface area (TPSA) is 43.9 Å². The number of carbonyl (C=O) groups is 2. The predicted octanol–water partition coefficient (Wildman–Crippen LogP) is 18.5. The first-order chi connectivity index (χ1) is 36.9. The molecule has 0 heterocycles. The van der Waals surface area contributed by atoms with Crippen molar-refractivity contribution in [1.29, 1.82) is 0 Å². The van der Waals surface area contributed by atoms with Gasteiger partial charge in [0.2, 0.25) is 0 Å². The lowest BCUT2D eigenvalue weighted by molar-refractivity contribution is 0.103. The van der Waals surface area contributed by atoms with Crippen LogP contribution in [0.15, 0.2) is 285 Å². The highest BCUT2D eigenvalue weighted by Crippen LogP contribution is 2.41. The van der Waals surface area contributed by atoms with Crippen LogP contribution in [-0.2, 0) is 0 Å². The van der Waals surface area contributed by atoms with E-state index in [1.807, 2.05) is 121 Å². The zero-order valence-electron chi connectivity index (χ0n) is 41.8. The van der Waals surface area contributed by atoms with Gasteiger partial charge >= 0.3 is 0 Å². The Labute approximate surface area is 439 Å². The summed E-state index contributed by atoms with van der Waals surface area (Å²) in [6.45, 7) is 4.18. The van der Waals surface area contributed by atoms with E-state index in [1.54, 1.807) is 0 Å². The van der Waals surface area contributed by atoms with Crippen molar-refractivity contribution in [3.05, 3.63) is 318 Å². The minimum atomic E-state index is -0.0776. The number of ketones is 2. The monoisotopic (exact) mass is 967 g/mol. The second-order valence-corrected chi connectivity index (χ2v) is 18.6. The van der Waals surface area contributed by atoms with Crippen LogP contribution < -0.4 is 14.7 Å². The van der Waals surface area contributed by atoms with Crippen LogP contribution in [0, 0.1) is 13.8 Å². The molecule has 0 aliphatic carbocycles. The van der Waals surface area contributed by atoms with E-state index in [2.05, 4.69) is 192 Å². The van der Waals surface area contributed by atoms with Crippen molar-refractivity contribution >= 4 is 62.8 Å². The van der Waals surface area contributed by atoms with E-state index >= 15 is 0 Å². The number of para-hydroxylation sites is 5. The molecule has 0 aliphatic heterocycles. The molecule has 0 aromatic heterocycles. The van der Waals surface area contributed by atoms with Gasteiger partial charge in [0.25, 0.3) is 0 Å². The van der Waals surface area contributed by atoms with Crippen LogP contribution >= 0.6 is 0 Å². The van der Waals surface area contributed by atoms with Gasteiger partial charge in [-0.3, -0.25) is 9.59 Å². The van der Waals surface area contributed by atoms with Crippen molar-refractivity contribution in [2.24, 2.45) is 0 Å². The first-order valence-electron chi connectivity index (χ1n) is 25.2. The van der Waals surface area contributed by atoms with Crippen LogP contribution in [0.4, 0.5) is 51.2 Å². The summed E-state index contributed by atoms with van der Waals surface area (Å²) in [5, 5.41) is 0. The van der Waals surface area contributed by atoms with E-state index in [4.69, 9.17) is 0 Å². The fraction of sp³-hybridized carbons (Fsp3) is 0.0286. The molecule has 0 N–H and O–H groups in total. The maximum absolute atomic E-state index is 14.4. The molecule has 11 rings (SSSR count). The molecule has 0 aliphatic rings. The molecule has 0 spiro atoms. The second kappa shape index (κ2) is 21.5. The summed E-state index contributed by atoms with van der Waals surface area (Å²) in [5.74, 6) is -0.155. The summed E-state index contributed by atoms with van der Waals surface area (Å²) in [6.07, 6.45) is 0. The highest BCUT2D eigenvalue weighted by molar-refractivity contribution is 6.11. The average molecular weight is 968 g/mol. The molecule has 0 saturated carbocycles. The van der Waals surface area contributed by atoms with Crippen LogP contribution in [0.1, 0.15) is 43.0 Å². The molecule has 0 radical (unpaired) electrons. The number of nitrogens with zero attached hydrogens (tertiary/aromatic N) is 3. The average Bonchev–Trinajstić information content (AvgIpc) is 3.47. The largest absolute Gasteiger partial charge is 0.311 e. The molecule has 11 aromatic carbocycles. The molecule has 5 heteroatoms. The number of hydrogen-bond donors (Lipinski definition) is 0. The molecule has 0 atom stereocenters. The third-order valence-corrected chi connectivity index (χ3v) is 13.7. The Morgan fingerprint density at radius 3 is 0.827 bits per heavy atom. The fourth-order valence-electron chi connectivity index (χ4n) is 9.91. The van der Waals surface area contributed by atoms with Gasteiger partial charge in [-0.15, -0.1) is 0 Å². The number of anilines is 9. The van der Waals surface area contributed by atoms with Crippen LogP contribution in [-0.4, -0.2) is 11.6 Å². The van der Waals surface area contributed by atoms with Crippen molar-refractivity contribution in [1.82, 2.24) is 0 Å². The molecule has 0 saturated heterocycles. The van der Waals surface area contributed by atoms with E-state index in [0.29, 0.717) is 22.3 Å². The molecule has 75 heavy (non-hydrogen) atoms. The quantitative estimate of drug-likeness (QED) is 0.0958. The lowest BCUT2D eigenvalue weighted by atomic mass is 9.97. The highest BCUT2D eigenvalue weighted by Gasteiger charge is 2.21. The van der Waals surface area contributed by atoms with E-state index in [0.717, 1.165) is 84.6 Å². The Kier molecular flexibility index (Phi) is 13.6. The Bertz CT molecular complexity index is 3410. The van der Waals surface area contributed by atoms with Gasteiger partial charge in [-0.25, -0.2) is 0 Å². The Balaban J connectivity index is 0.833. The summed E-state index contributed by atoms with van der Waals surface area (Å²) < 4.78 is 0. The Morgan fingerprint density at radius 1 is 0.240 bits per heavy atom. The van der Waals surface area contributed by atoms with Gasteiger partial charge in [0.1, 0.15) is 0 Å². The van der Waals surface area contributed by atoms with Gasteiger partial charge in [-0.1, -0.05) is 188 Å². The maximum Gasteiger partial charge on any atom is 0.193 e. The van der Waals surface area contributed by atoms with Crippen molar-refractivity contribution < 1.29 is 9.59 Å². The van der Waals surface area contributed by atoms with E-state index < -0.39 is 0 Å². The molecule has 11 aromatic rings. The Hall–Kier alpha value is -9.84. The van der Waals surface area contributed by atoms with E-state index in [-0.39, 0.29) is 11.6 Å². The van der Waals surface area contributed by atoms with Gasteiger partial charge < -0.3 is 14.7 Å². The lowest BCUT2D eigenvalue weighted by Crippen LogP contribution is -2.14. The number of aryl methyl sites for hydroxylation is 2. The van der Waals surface area contributed by atoms with Crippen molar-refractivity contribution in [2.75, 3.05) is 14.7 Å². The molecular weight excluding hydrogens is 915 g/mol. The maximum atomic E-state index is 14.4. The first-order valence-corrected chi connectivity index (χ1v) is 25.2. The third kappa shape index (κ3) is 10.2. The SMILES string of the molecule is Cc1cccc(C)c1N(c1cccc(C(=O)c2ccc(-c3ccc(N(c4ccccc4)c4ccccc4)cc3)cc2)c1)c1cccc(C(=O)c2ccc(-c3ccc(N(c4ccccc4)c4ccccc4)cc3)cc2)c1. The zero-order chi connectivity index (χ0) is 51.1. The first kappa shape index (κ1) is 47.5. The molecule has 5 nitrogen and oxygen atoms in total. The summed E-state index contributed by atoms with van der Waals surface area (Å²) >= 11 is 0. The highest BCUT2D eigenvalue weighted by atomic mass is 16.1. The van der Waals surface area contributed by atoms with Gasteiger partial charge in [-0.05, 0) is 144 Å². The van der Waals surface area contributed by atoms with Crippen LogP contribution in [0.25, 0.3) is 22.3 Å². The number of benzene rings is 11. The van der Waals surface area contributed by atoms with Gasteiger partial charge in [0.15, 0.2) is 11.6 Å². The minimum absolute atomic E-state index is 0.0776. The molecule has 360 valence electrons. The summed E-state index contributed by atoms with van der Waals surface area (Å²) in [6, 6.07) is 96.0. The number of carbonyl (C=O) groups excluding carboxylic acids is 2. The normalized spacial score (nSPS) is 10.9. The molecule has 0 unspecified atom stereocenters. The van der Waals surface area contributed by atoms with Crippen LogP contribution in [0.2, 0.25) is 0 Å². The molecule has 0 amide bonds. The molecule has 0 bridgehead atoms. The third-order valence-electron chi connectivity index (χ3n) is 13.7. The number of rotatable bonds is 15. The minimum Gasteiger partial charge on any atom is -0.311 e. The molecule has 0 fully saturated rings. The van der Waals surface area contributed by atoms with E-state index in [9.17, 15) is 9.59 Å². The van der Waals surface area contributed by atoms with E-state index in [1.165, 1.54) is 0 Å². The Morgan fingerprint density at radius 2 is 0.507 bits per heavy atom. The van der Waals surface area contributed by atoms with Gasteiger partial charge in [-0.2, -0.15) is 0 Å².